The molecule has 5 aromatic rings. The molecule has 1 saturated carbocycles. The molecule has 1 fully saturated rings. The molecular formula is C26H25N7O3. The van der Waals surface area contributed by atoms with Crippen molar-refractivity contribution in [2.24, 2.45) is 0 Å². The number of aromatic nitrogens is 6. The summed E-state index contributed by atoms with van der Waals surface area (Å²) in [7, 11) is 1.68. The topological polar surface area (TPSA) is 122 Å². The summed E-state index contributed by atoms with van der Waals surface area (Å²) in [5.74, 6) is 0.745. The number of rotatable bonds is 6. The molecule has 0 unspecified atom stereocenters. The van der Waals surface area contributed by atoms with Crippen molar-refractivity contribution in [1.29, 1.82) is 0 Å². The van der Waals surface area contributed by atoms with Crippen LogP contribution >= 0.6 is 0 Å². The van der Waals surface area contributed by atoms with E-state index in [9.17, 15) is 14.4 Å². The van der Waals surface area contributed by atoms with E-state index in [1.165, 1.54) is 9.47 Å². The zero-order valence-corrected chi connectivity index (χ0v) is 20.0. The van der Waals surface area contributed by atoms with Crippen molar-refractivity contribution >= 4 is 33.8 Å². The van der Waals surface area contributed by atoms with Crippen molar-refractivity contribution < 1.29 is 4.79 Å². The molecule has 4 aromatic heterocycles. The molecular weight excluding hydrogens is 458 g/mol. The van der Waals surface area contributed by atoms with Gasteiger partial charge in [-0.1, -0.05) is 25.1 Å². The van der Waals surface area contributed by atoms with E-state index in [-0.39, 0.29) is 23.2 Å². The average Bonchev–Trinajstić information content (AvgIpc) is 3.47. The SMILES string of the molecule is CCCn1c(=O)n(C2CC2)c(=O)c2[nH]c(-c3ccc(N(C)C(=O)c4c[nH]c5ccccc45)nc3)nc21. The fourth-order valence-electron chi connectivity index (χ4n) is 4.61. The third-order valence-electron chi connectivity index (χ3n) is 6.66. The van der Waals surface area contributed by atoms with E-state index >= 15 is 0 Å². The molecule has 1 amide bonds. The minimum atomic E-state index is -0.336. The molecule has 0 aliphatic heterocycles. The van der Waals surface area contributed by atoms with Crippen LogP contribution in [0.1, 0.15) is 42.6 Å². The number of aromatic amines is 2. The van der Waals surface area contributed by atoms with Crippen molar-refractivity contribution in [2.75, 3.05) is 11.9 Å². The number of pyridine rings is 1. The Hall–Kier alpha value is -4.47. The number of carbonyl (C=O) groups is 1. The number of hydrogen-bond acceptors (Lipinski definition) is 5. The van der Waals surface area contributed by atoms with Gasteiger partial charge in [-0.25, -0.2) is 14.8 Å². The fraction of sp³-hybridized carbons (Fsp3) is 0.269. The average molecular weight is 484 g/mol. The number of fused-ring (bicyclic) bond motifs is 2. The third kappa shape index (κ3) is 3.44. The lowest BCUT2D eigenvalue weighted by Gasteiger charge is -2.16. The monoisotopic (exact) mass is 483 g/mol. The Morgan fingerprint density at radius 3 is 2.69 bits per heavy atom. The summed E-state index contributed by atoms with van der Waals surface area (Å²) < 4.78 is 2.93. The second-order valence-electron chi connectivity index (χ2n) is 9.14. The van der Waals surface area contributed by atoms with Gasteiger partial charge in [0.15, 0.2) is 5.65 Å². The van der Waals surface area contributed by atoms with E-state index in [0.29, 0.717) is 40.5 Å². The van der Waals surface area contributed by atoms with E-state index in [1.54, 1.807) is 36.1 Å². The second kappa shape index (κ2) is 8.33. The number of aryl methyl sites for hydroxylation is 1. The van der Waals surface area contributed by atoms with Crippen molar-refractivity contribution in [3.05, 3.63) is 75.2 Å². The van der Waals surface area contributed by atoms with Crippen LogP contribution in [0.4, 0.5) is 5.82 Å². The lowest BCUT2D eigenvalue weighted by Crippen LogP contribution is -2.39. The first kappa shape index (κ1) is 22.0. The van der Waals surface area contributed by atoms with E-state index in [4.69, 9.17) is 0 Å². The molecule has 0 bridgehead atoms. The van der Waals surface area contributed by atoms with Gasteiger partial charge in [-0.05, 0) is 37.5 Å². The van der Waals surface area contributed by atoms with Gasteiger partial charge in [-0.3, -0.25) is 23.6 Å². The van der Waals surface area contributed by atoms with Gasteiger partial charge in [0, 0.05) is 48.5 Å². The number of H-pyrrole nitrogens is 2. The Morgan fingerprint density at radius 1 is 1.17 bits per heavy atom. The highest BCUT2D eigenvalue weighted by molar-refractivity contribution is 6.13. The first-order valence-electron chi connectivity index (χ1n) is 12.0. The number of para-hydroxylation sites is 1. The Labute approximate surface area is 205 Å². The smallest absolute Gasteiger partial charge is 0.333 e. The van der Waals surface area contributed by atoms with E-state index in [0.717, 1.165) is 30.2 Å². The number of nitrogens with zero attached hydrogens (tertiary/aromatic N) is 5. The molecule has 1 aliphatic carbocycles. The molecule has 4 heterocycles. The van der Waals surface area contributed by atoms with Gasteiger partial charge >= 0.3 is 5.69 Å². The van der Waals surface area contributed by atoms with E-state index in [2.05, 4.69) is 19.9 Å². The maximum absolute atomic E-state index is 13.1. The van der Waals surface area contributed by atoms with Crippen molar-refractivity contribution in [3.63, 3.8) is 0 Å². The van der Waals surface area contributed by atoms with Gasteiger partial charge in [0.1, 0.15) is 17.2 Å². The lowest BCUT2D eigenvalue weighted by atomic mass is 10.1. The Balaban J connectivity index is 1.35. The van der Waals surface area contributed by atoms with Crippen LogP contribution in [0.15, 0.2) is 58.4 Å². The van der Waals surface area contributed by atoms with Gasteiger partial charge < -0.3 is 9.97 Å². The quantitative estimate of drug-likeness (QED) is 0.383. The van der Waals surface area contributed by atoms with Crippen LogP contribution in [0, 0.1) is 0 Å². The summed E-state index contributed by atoms with van der Waals surface area (Å²) in [6.45, 7) is 2.46. The van der Waals surface area contributed by atoms with E-state index in [1.807, 2.05) is 31.2 Å². The molecule has 0 radical (unpaired) electrons. The highest BCUT2D eigenvalue weighted by Crippen LogP contribution is 2.32. The Kier molecular flexibility index (Phi) is 5.10. The molecule has 0 spiro atoms. The molecule has 2 N–H and O–H groups in total. The number of carbonyl (C=O) groups excluding carboxylic acids is 1. The summed E-state index contributed by atoms with van der Waals surface area (Å²) in [4.78, 5) is 56.0. The number of anilines is 1. The van der Waals surface area contributed by atoms with Crippen LogP contribution in [-0.4, -0.2) is 42.0 Å². The van der Waals surface area contributed by atoms with Gasteiger partial charge in [0.2, 0.25) is 0 Å². The Morgan fingerprint density at radius 2 is 1.97 bits per heavy atom. The van der Waals surface area contributed by atoms with Gasteiger partial charge in [0.05, 0.1) is 5.56 Å². The van der Waals surface area contributed by atoms with Crippen molar-refractivity contribution in [3.8, 4) is 11.4 Å². The van der Waals surface area contributed by atoms with Crippen LogP contribution in [0.2, 0.25) is 0 Å². The van der Waals surface area contributed by atoms with Crippen molar-refractivity contribution in [1.82, 2.24) is 29.1 Å². The second-order valence-corrected chi connectivity index (χ2v) is 9.14. The van der Waals surface area contributed by atoms with Crippen LogP contribution in [0.5, 0.6) is 0 Å². The van der Waals surface area contributed by atoms with Crippen LogP contribution in [0.25, 0.3) is 33.5 Å². The number of nitrogens with one attached hydrogen (secondary N) is 2. The molecule has 1 aliphatic rings. The molecule has 0 saturated heterocycles. The normalized spacial score (nSPS) is 13.5. The van der Waals surface area contributed by atoms with Crippen LogP contribution < -0.4 is 16.1 Å². The lowest BCUT2D eigenvalue weighted by molar-refractivity contribution is 0.0994. The third-order valence-corrected chi connectivity index (χ3v) is 6.66. The largest absolute Gasteiger partial charge is 0.360 e. The predicted molar refractivity (Wildman–Crippen MR) is 137 cm³/mol. The molecule has 6 rings (SSSR count). The van der Waals surface area contributed by atoms with Gasteiger partial charge in [0.25, 0.3) is 11.5 Å². The Bertz CT molecular complexity index is 1740. The molecule has 10 nitrogen and oxygen atoms in total. The van der Waals surface area contributed by atoms with Crippen molar-refractivity contribution in [2.45, 2.75) is 38.8 Å². The highest BCUT2D eigenvalue weighted by Gasteiger charge is 2.30. The van der Waals surface area contributed by atoms with E-state index < -0.39 is 0 Å². The number of imidazole rings is 1. The summed E-state index contributed by atoms with van der Waals surface area (Å²) >= 11 is 0. The summed E-state index contributed by atoms with van der Waals surface area (Å²) in [5.41, 5.74) is 2.14. The molecule has 10 heteroatoms. The summed E-state index contributed by atoms with van der Waals surface area (Å²) in [5, 5.41) is 0.850. The van der Waals surface area contributed by atoms with Gasteiger partial charge in [-0.2, -0.15) is 0 Å². The minimum absolute atomic E-state index is 0.0320. The maximum atomic E-state index is 13.1. The molecule has 182 valence electrons. The number of hydrogen-bond donors (Lipinski definition) is 2. The first-order valence-corrected chi connectivity index (χ1v) is 12.0. The standard InChI is InChI=1S/C26H25N7O3/c1-3-12-32-23-21(25(35)33(26(32)36)16-9-10-16)29-22(30-23)15-8-11-20(28-13-15)31(2)24(34)18-14-27-19-7-5-4-6-17(18)19/h4-8,11,13-14,16,27H,3,9-10,12H2,1-2H3,(H,29,30). The zero-order valence-electron chi connectivity index (χ0n) is 20.0. The molecule has 1 aromatic carbocycles. The first-order chi connectivity index (χ1) is 17.5. The number of amides is 1. The van der Waals surface area contributed by atoms with Crippen LogP contribution in [-0.2, 0) is 6.54 Å². The predicted octanol–water partition coefficient (Wildman–Crippen LogP) is 3.45. The molecule has 36 heavy (non-hydrogen) atoms. The van der Waals surface area contributed by atoms with Crippen LogP contribution in [0.3, 0.4) is 0 Å². The zero-order chi connectivity index (χ0) is 25.0. The minimum Gasteiger partial charge on any atom is -0.360 e. The fourth-order valence-corrected chi connectivity index (χ4v) is 4.61. The van der Waals surface area contributed by atoms with Gasteiger partial charge in [-0.15, -0.1) is 0 Å². The maximum Gasteiger partial charge on any atom is 0.333 e. The number of benzene rings is 1. The summed E-state index contributed by atoms with van der Waals surface area (Å²) in [6, 6.07) is 11.1. The highest BCUT2D eigenvalue weighted by atomic mass is 16.2. The summed E-state index contributed by atoms with van der Waals surface area (Å²) in [6.07, 6.45) is 5.73. The molecule has 0 atom stereocenters.